The van der Waals surface area contributed by atoms with Crippen molar-refractivity contribution >= 4 is 11.9 Å². The van der Waals surface area contributed by atoms with E-state index in [9.17, 15) is 9.59 Å². The highest BCUT2D eigenvalue weighted by Gasteiger charge is 2.15. The average molecular weight is 241 g/mol. The van der Waals surface area contributed by atoms with E-state index in [0.29, 0.717) is 0 Å². The molecule has 0 aromatic heterocycles. The fraction of sp³-hybridized carbons (Fsp3) is 0.833. The van der Waals surface area contributed by atoms with Gasteiger partial charge in [-0.05, 0) is 26.7 Å². The van der Waals surface area contributed by atoms with E-state index in [1.54, 1.807) is 4.90 Å². The molecule has 98 valence electrons. The average Bonchev–Trinajstić information content (AvgIpc) is 2.53. The van der Waals surface area contributed by atoms with Crippen LogP contribution >= 0.6 is 0 Å². The minimum absolute atomic E-state index is 0.0630. The fourth-order valence-electron chi connectivity index (χ4n) is 1.91. The first-order valence-electron chi connectivity index (χ1n) is 6.41. The van der Waals surface area contributed by atoms with Crippen molar-refractivity contribution in [2.75, 3.05) is 19.6 Å². The molecule has 0 bridgehead atoms. The van der Waals surface area contributed by atoms with Gasteiger partial charge < -0.3 is 15.5 Å². The highest BCUT2D eigenvalue weighted by molar-refractivity contribution is 5.84. The monoisotopic (exact) mass is 241 g/mol. The van der Waals surface area contributed by atoms with Crippen molar-refractivity contribution in [3.05, 3.63) is 0 Å². The summed E-state index contributed by atoms with van der Waals surface area (Å²) in [5.41, 5.74) is 0. The molecule has 0 spiro atoms. The summed E-state index contributed by atoms with van der Waals surface area (Å²) in [7, 11) is 0. The van der Waals surface area contributed by atoms with Crippen LogP contribution in [0.5, 0.6) is 0 Å². The second-order valence-electron chi connectivity index (χ2n) is 4.78. The van der Waals surface area contributed by atoms with Crippen LogP contribution in [-0.4, -0.2) is 42.5 Å². The Morgan fingerprint density at radius 2 is 1.71 bits per heavy atom. The summed E-state index contributed by atoms with van der Waals surface area (Å²) in [6.07, 6.45) is 4.51. The van der Waals surface area contributed by atoms with Crippen molar-refractivity contribution in [2.24, 2.45) is 0 Å². The van der Waals surface area contributed by atoms with Crippen LogP contribution in [0.3, 0.4) is 0 Å². The summed E-state index contributed by atoms with van der Waals surface area (Å²) in [5.74, 6) is -0.136. The van der Waals surface area contributed by atoms with Gasteiger partial charge in [-0.25, -0.2) is 4.79 Å². The lowest BCUT2D eigenvalue weighted by molar-refractivity contribution is -0.120. The normalized spacial score (nSPS) is 16.5. The SMILES string of the molecule is CC(C)NC(=O)CNC(=O)N1CCCCCC1. The Kier molecular flexibility index (Phi) is 5.80. The number of likely N-dealkylation sites (tertiary alicyclic amines) is 1. The molecule has 17 heavy (non-hydrogen) atoms. The van der Waals surface area contributed by atoms with Crippen molar-refractivity contribution in [3.8, 4) is 0 Å². The summed E-state index contributed by atoms with van der Waals surface area (Å²) < 4.78 is 0. The highest BCUT2D eigenvalue weighted by atomic mass is 16.2. The van der Waals surface area contributed by atoms with Crippen LogP contribution in [0.15, 0.2) is 0 Å². The van der Waals surface area contributed by atoms with Crippen LogP contribution in [-0.2, 0) is 4.79 Å². The second-order valence-corrected chi connectivity index (χ2v) is 4.78. The van der Waals surface area contributed by atoms with Crippen LogP contribution in [0.1, 0.15) is 39.5 Å². The molecule has 0 aromatic carbocycles. The molecule has 0 saturated carbocycles. The van der Waals surface area contributed by atoms with Crippen LogP contribution in [0.25, 0.3) is 0 Å². The molecule has 0 aliphatic carbocycles. The van der Waals surface area contributed by atoms with Gasteiger partial charge in [0.1, 0.15) is 0 Å². The molecular formula is C12H23N3O2. The number of carbonyl (C=O) groups excluding carboxylic acids is 2. The van der Waals surface area contributed by atoms with Gasteiger partial charge in [-0.15, -0.1) is 0 Å². The third-order valence-corrected chi connectivity index (χ3v) is 2.74. The molecule has 1 aliphatic rings. The maximum atomic E-state index is 11.8. The first kappa shape index (κ1) is 13.8. The molecule has 0 aromatic rings. The summed E-state index contributed by atoms with van der Waals surface area (Å²) in [5, 5.41) is 5.40. The van der Waals surface area contributed by atoms with Gasteiger partial charge in [-0.3, -0.25) is 4.79 Å². The van der Waals surface area contributed by atoms with E-state index >= 15 is 0 Å². The van der Waals surface area contributed by atoms with Crippen molar-refractivity contribution < 1.29 is 9.59 Å². The van der Waals surface area contributed by atoms with E-state index < -0.39 is 0 Å². The molecule has 1 aliphatic heterocycles. The van der Waals surface area contributed by atoms with Crippen LogP contribution < -0.4 is 10.6 Å². The van der Waals surface area contributed by atoms with Crippen LogP contribution in [0, 0.1) is 0 Å². The lowest BCUT2D eigenvalue weighted by atomic mass is 10.2. The Labute approximate surface area is 103 Å². The Morgan fingerprint density at radius 3 is 2.24 bits per heavy atom. The number of amides is 3. The van der Waals surface area contributed by atoms with Crippen LogP contribution in [0.2, 0.25) is 0 Å². The Hall–Kier alpha value is -1.26. The van der Waals surface area contributed by atoms with E-state index in [0.717, 1.165) is 25.9 Å². The zero-order chi connectivity index (χ0) is 12.7. The van der Waals surface area contributed by atoms with Gasteiger partial charge in [0.2, 0.25) is 5.91 Å². The maximum Gasteiger partial charge on any atom is 0.317 e. The summed E-state index contributed by atoms with van der Waals surface area (Å²) in [6, 6.07) is -0.0107. The Bertz CT molecular complexity index is 258. The van der Waals surface area contributed by atoms with Gasteiger partial charge in [0.05, 0.1) is 6.54 Å². The molecule has 3 amide bonds. The molecule has 5 nitrogen and oxygen atoms in total. The topological polar surface area (TPSA) is 61.4 Å². The third kappa shape index (κ3) is 5.56. The first-order chi connectivity index (χ1) is 8.09. The largest absolute Gasteiger partial charge is 0.352 e. The standard InChI is InChI=1S/C12H23N3O2/c1-10(2)14-11(16)9-13-12(17)15-7-5-3-4-6-8-15/h10H,3-9H2,1-2H3,(H,13,17)(H,14,16). The molecule has 1 heterocycles. The Balaban J connectivity index is 2.25. The molecular weight excluding hydrogens is 218 g/mol. The Morgan fingerprint density at radius 1 is 1.12 bits per heavy atom. The molecule has 0 unspecified atom stereocenters. The zero-order valence-corrected chi connectivity index (χ0v) is 10.8. The van der Waals surface area contributed by atoms with Gasteiger partial charge in [0, 0.05) is 19.1 Å². The second kappa shape index (κ2) is 7.14. The van der Waals surface area contributed by atoms with Gasteiger partial charge in [0.25, 0.3) is 0 Å². The van der Waals surface area contributed by atoms with Crippen molar-refractivity contribution in [1.29, 1.82) is 0 Å². The summed E-state index contributed by atoms with van der Waals surface area (Å²) in [6.45, 7) is 5.46. The molecule has 5 heteroatoms. The number of hydrogen-bond acceptors (Lipinski definition) is 2. The summed E-state index contributed by atoms with van der Waals surface area (Å²) in [4.78, 5) is 24.9. The van der Waals surface area contributed by atoms with E-state index in [1.165, 1.54) is 12.8 Å². The van der Waals surface area contributed by atoms with Crippen molar-refractivity contribution in [3.63, 3.8) is 0 Å². The van der Waals surface area contributed by atoms with E-state index in [4.69, 9.17) is 0 Å². The number of carbonyl (C=O) groups is 2. The predicted octanol–water partition coefficient (Wildman–Crippen LogP) is 1.10. The minimum Gasteiger partial charge on any atom is -0.352 e. The quantitative estimate of drug-likeness (QED) is 0.777. The maximum absolute atomic E-state index is 11.8. The van der Waals surface area contributed by atoms with E-state index in [1.807, 2.05) is 13.8 Å². The van der Waals surface area contributed by atoms with Gasteiger partial charge in [0.15, 0.2) is 0 Å². The molecule has 1 rings (SSSR count). The minimum atomic E-state index is -0.136. The van der Waals surface area contributed by atoms with E-state index in [2.05, 4.69) is 10.6 Å². The zero-order valence-electron chi connectivity index (χ0n) is 10.8. The van der Waals surface area contributed by atoms with Crippen molar-refractivity contribution in [1.82, 2.24) is 15.5 Å². The van der Waals surface area contributed by atoms with Crippen molar-refractivity contribution in [2.45, 2.75) is 45.6 Å². The molecule has 2 N–H and O–H groups in total. The van der Waals surface area contributed by atoms with Crippen LogP contribution in [0.4, 0.5) is 4.79 Å². The first-order valence-corrected chi connectivity index (χ1v) is 6.41. The predicted molar refractivity (Wildman–Crippen MR) is 66.7 cm³/mol. The number of urea groups is 1. The third-order valence-electron chi connectivity index (χ3n) is 2.74. The van der Waals surface area contributed by atoms with Gasteiger partial charge in [-0.2, -0.15) is 0 Å². The molecule has 1 saturated heterocycles. The highest BCUT2D eigenvalue weighted by Crippen LogP contribution is 2.09. The molecule has 1 fully saturated rings. The van der Waals surface area contributed by atoms with E-state index in [-0.39, 0.29) is 24.5 Å². The van der Waals surface area contributed by atoms with Gasteiger partial charge >= 0.3 is 6.03 Å². The number of hydrogen-bond donors (Lipinski definition) is 2. The smallest absolute Gasteiger partial charge is 0.317 e. The number of nitrogens with zero attached hydrogens (tertiary/aromatic N) is 1. The molecule has 0 radical (unpaired) electrons. The molecule has 0 atom stereocenters. The number of nitrogens with one attached hydrogen (secondary N) is 2. The number of rotatable bonds is 3. The van der Waals surface area contributed by atoms with Gasteiger partial charge in [-0.1, -0.05) is 12.8 Å². The lowest BCUT2D eigenvalue weighted by Crippen LogP contribution is -2.45. The summed E-state index contributed by atoms with van der Waals surface area (Å²) >= 11 is 0. The fourth-order valence-corrected chi connectivity index (χ4v) is 1.91. The lowest BCUT2D eigenvalue weighted by Gasteiger charge is -2.20.